The van der Waals surface area contributed by atoms with E-state index in [0.29, 0.717) is 0 Å². The van der Waals surface area contributed by atoms with Gasteiger partial charge in [0, 0.05) is 29.7 Å². The molecule has 0 spiro atoms. The fraction of sp³-hybridized carbons (Fsp3) is 0.429. The summed E-state index contributed by atoms with van der Waals surface area (Å²) in [4.78, 5) is 0. The lowest BCUT2D eigenvalue weighted by Gasteiger charge is -2.23. The molecular weight excluding hydrogens is 196 g/mol. The third kappa shape index (κ3) is 1.98. The molecule has 16 heavy (non-hydrogen) atoms. The third-order valence-corrected chi connectivity index (χ3v) is 3.29. The number of benzene rings is 1. The van der Waals surface area contributed by atoms with Crippen LogP contribution in [0.25, 0.3) is 10.9 Å². The standard InChI is InChI=1S/C14H20N2/c1-14(2,15-3)9-11-10-16(4)13-8-6-5-7-12(11)13/h5-8,10,15H,9H2,1-4H3. The zero-order chi connectivity index (χ0) is 11.8. The van der Waals surface area contributed by atoms with Crippen molar-refractivity contribution in [1.29, 1.82) is 0 Å². The van der Waals surface area contributed by atoms with E-state index in [1.165, 1.54) is 16.5 Å². The van der Waals surface area contributed by atoms with E-state index in [2.05, 4.69) is 61.2 Å². The van der Waals surface area contributed by atoms with Crippen molar-refractivity contribution >= 4 is 10.9 Å². The summed E-state index contributed by atoms with van der Waals surface area (Å²) in [7, 11) is 4.13. The Morgan fingerprint density at radius 1 is 1.25 bits per heavy atom. The van der Waals surface area contributed by atoms with E-state index in [9.17, 15) is 0 Å². The van der Waals surface area contributed by atoms with Crippen molar-refractivity contribution in [3.8, 4) is 0 Å². The van der Waals surface area contributed by atoms with Crippen LogP contribution >= 0.6 is 0 Å². The zero-order valence-corrected chi connectivity index (χ0v) is 10.5. The monoisotopic (exact) mass is 216 g/mol. The van der Waals surface area contributed by atoms with Gasteiger partial charge in [-0.15, -0.1) is 0 Å². The van der Waals surface area contributed by atoms with E-state index in [0.717, 1.165) is 6.42 Å². The van der Waals surface area contributed by atoms with Gasteiger partial charge >= 0.3 is 0 Å². The van der Waals surface area contributed by atoms with Crippen LogP contribution in [-0.2, 0) is 13.5 Å². The molecule has 1 N–H and O–H groups in total. The normalized spacial score (nSPS) is 12.2. The summed E-state index contributed by atoms with van der Waals surface area (Å²) in [6.07, 6.45) is 3.29. The lowest BCUT2D eigenvalue weighted by molar-refractivity contribution is 0.423. The third-order valence-electron chi connectivity index (χ3n) is 3.29. The molecule has 1 aromatic heterocycles. The van der Waals surface area contributed by atoms with Crippen molar-refractivity contribution in [3.05, 3.63) is 36.0 Å². The van der Waals surface area contributed by atoms with E-state index in [-0.39, 0.29) is 5.54 Å². The molecule has 1 heterocycles. The zero-order valence-electron chi connectivity index (χ0n) is 10.5. The predicted molar refractivity (Wildman–Crippen MR) is 69.8 cm³/mol. The van der Waals surface area contributed by atoms with Gasteiger partial charge in [-0.25, -0.2) is 0 Å². The molecule has 0 bridgehead atoms. The molecule has 2 nitrogen and oxygen atoms in total. The van der Waals surface area contributed by atoms with Gasteiger partial charge in [0.15, 0.2) is 0 Å². The van der Waals surface area contributed by atoms with E-state index in [1.807, 2.05) is 7.05 Å². The molecule has 0 aliphatic rings. The Balaban J connectivity index is 2.46. The molecule has 0 unspecified atom stereocenters. The molecule has 2 aromatic rings. The number of nitrogens with zero attached hydrogens (tertiary/aromatic N) is 1. The van der Waals surface area contributed by atoms with Crippen LogP contribution in [-0.4, -0.2) is 17.2 Å². The predicted octanol–water partition coefficient (Wildman–Crippen LogP) is 2.72. The first-order valence-electron chi connectivity index (χ1n) is 5.75. The fourth-order valence-corrected chi connectivity index (χ4v) is 2.13. The number of aromatic nitrogens is 1. The van der Waals surface area contributed by atoms with Gasteiger partial charge in [-0.2, -0.15) is 0 Å². The molecule has 0 saturated carbocycles. The van der Waals surface area contributed by atoms with Crippen molar-refractivity contribution in [1.82, 2.24) is 9.88 Å². The van der Waals surface area contributed by atoms with Gasteiger partial charge in [-0.3, -0.25) is 0 Å². The molecule has 0 saturated heterocycles. The highest BCUT2D eigenvalue weighted by molar-refractivity contribution is 5.84. The van der Waals surface area contributed by atoms with E-state index in [1.54, 1.807) is 0 Å². The van der Waals surface area contributed by atoms with Crippen LogP contribution in [0.15, 0.2) is 30.5 Å². The first-order chi connectivity index (χ1) is 7.53. The Hall–Kier alpha value is -1.28. The average Bonchev–Trinajstić information content (AvgIpc) is 2.56. The highest BCUT2D eigenvalue weighted by Gasteiger charge is 2.18. The Bertz CT molecular complexity index is 494. The molecule has 2 rings (SSSR count). The largest absolute Gasteiger partial charge is 0.350 e. The van der Waals surface area contributed by atoms with Crippen molar-refractivity contribution in [3.63, 3.8) is 0 Å². The molecular formula is C14H20N2. The Morgan fingerprint density at radius 3 is 2.62 bits per heavy atom. The Morgan fingerprint density at radius 2 is 1.94 bits per heavy atom. The molecule has 0 amide bonds. The van der Waals surface area contributed by atoms with E-state index < -0.39 is 0 Å². The number of likely N-dealkylation sites (N-methyl/N-ethyl adjacent to an activating group) is 1. The van der Waals surface area contributed by atoms with Gasteiger partial charge < -0.3 is 9.88 Å². The van der Waals surface area contributed by atoms with Gasteiger partial charge in [-0.1, -0.05) is 18.2 Å². The van der Waals surface area contributed by atoms with Gasteiger partial charge in [-0.05, 0) is 38.9 Å². The number of nitrogens with one attached hydrogen (secondary N) is 1. The summed E-state index contributed by atoms with van der Waals surface area (Å²) in [5.41, 5.74) is 2.87. The van der Waals surface area contributed by atoms with Gasteiger partial charge in [0.2, 0.25) is 0 Å². The lowest BCUT2D eigenvalue weighted by Crippen LogP contribution is -2.38. The second kappa shape index (κ2) is 3.95. The SMILES string of the molecule is CNC(C)(C)Cc1cn(C)c2ccccc12. The van der Waals surface area contributed by atoms with Crippen molar-refractivity contribution in [2.45, 2.75) is 25.8 Å². The Kier molecular flexibility index (Phi) is 2.76. The van der Waals surface area contributed by atoms with Crippen LogP contribution < -0.4 is 5.32 Å². The number of hydrogen-bond donors (Lipinski definition) is 1. The van der Waals surface area contributed by atoms with Crippen LogP contribution in [0.5, 0.6) is 0 Å². The first kappa shape index (κ1) is 11.2. The highest BCUT2D eigenvalue weighted by atomic mass is 14.9. The molecule has 2 heteroatoms. The molecule has 0 fully saturated rings. The summed E-state index contributed by atoms with van der Waals surface area (Å²) < 4.78 is 2.20. The summed E-state index contributed by atoms with van der Waals surface area (Å²) in [5, 5.41) is 4.72. The van der Waals surface area contributed by atoms with Gasteiger partial charge in [0.25, 0.3) is 0 Å². The van der Waals surface area contributed by atoms with Crippen LogP contribution in [0.3, 0.4) is 0 Å². The van der Waals surface area contributed by atoms with Crippen molar-refractivity contribution < 1.29 is 0 Å². The summed E-state index contributed by atoms with van der Waals surface area (Å²) in [5.74, 6) is 0. The number of rotatable bonds is 3. The van der Waals surface area contributed by atoms with Crippen LogP contribution in [0.1, 0.15) is 19.4 Å². The minimum atomic E-state index is 0.143. The van der Waals surface area contributed by atoms with Crippen LogP contribution in [0.2, 0.25) is 0 Å². The van der Waals surface area contributed by atoms with Gasteiger partial charge in [0.05, 0.1) is 0 Å². The second-order valence-corrected chi connectivity index (χ2v) is 5.09. The molecule has 0 radical (unpaired) electrons. The highest BCUT2D eigenvalue weighted by Crippen LogP contribution is 2.23. The maximum atomic E-state index is 3.35. The second-order valence-electron chi connectivity index (χ2n) is 5.09. The van der Waals surface area contributed by atoms with Crippen LogP contribution in [0, 0.1) is 0 Å². The lowest BCUT2D eigenvalue weighted by atomic mass is 9.95. The fourth-order valence-electron chi connectivity index (χ4n) is 2.13. The van der Waals surface area contributed by atoms with Crippen LogP contribution in [0.4, 0.5) is 0 Å². The molecule has 86 valence electrons. The molecule has 0 atom stereocenters. The maximum absolute atomic E-state index is 3.35. The number of hydrogen-bond acceptors (Lipinski definition) is 1. The topological polar surface area (TPSA) is 17.0 Å². The molecule has 0 aliphatic carbocycles. The minimum Gasteiger partial charge on any atom is -0.350 e. The number of aryl methyl sites for hydroxylation is 1. The summed E-state index contributed by atoms with van der Waals surface area (Å²) >= 11 is 0. The summed E-state index contributed by atoms with van der Waals surface area (Å²) in [6.45, 7) is 4.46. The summed E-state index contributed by atoms with van der Waals surface area (Å²) in [6, 6.07) is 8.58. The van der Waals surface area contributed by atoms with Gasteiger partial charge in [0.1, 0.15) is 0 Å². The smallest absolute Gasteiger partial charge is 0.0480 e. The molecule has 0 aliphatic heterocycles. The maximum Gasteiger partial charge on any atom is 0.0480 e. The van der Waals surface area contributed by atoms with E-state index >= 15 is 0 Å². The van der Waals surface area contributed by atoms with Crippen molar-refractivity contribution in [2.75, 3.05) is 7.05 Å². The van der Waals surface area contributed by atoms with E-state index in [4.69, 9.17) is 0 Å². The first-order valence-corrected chi connectivity index (χ1v) is 5.75. The average molecular weight is 216 g/mol. The quantitative estimate of drug-likeness (QED) is 0.834. The Labute approximate surface area is 97.3 Å². The number of para-hydroxylation sites is 1. The number of fused-ring (bicyclic) bond motifs is 1. The molecule has 1 aromatic carbocycles. The van der Waals surface area contributed by atoms with Crippen molar-refractivity contribution in [2.24, 2.45) is 7.05 Å². The minimum absolute atomic E-state index is 0.143.